The van der Waals surface area contributed by atoms with Crippen LogP contribution in [0.2, 0.25) is 0 Å². The zero-order chi connectivity index (χ0) is 19.7. The summed E-state index contributed by atoms with van der Waals surface area (Å²) in [4.78, 5) is 30.2. The van der Waals surface area contributed by atoms with Crippen molar-refractivity contribution in [2.24, 2.45) is 13.0 Å². The Kier molecular flexibility index (Phi) is 5.13. The molecule has 144 valence electrons. The van der Waals surface area contributed by atoms with E-state index < -0.39 is 0 Å². The number of amides is 1. The minimum atomic E-state index is -0.153. The van der Waals surface area contributed by atoms with Gasteiger partial charge in [0.1, 0.15) is 0 Å². The maximum Gasteiger partial charge on any atom is 0.261 e. The molecule has 0 spiro atoms. The number of nitrogens with one attached hydrogen (secondary N) is 1. The Balaban J connectivity index is 1.47. The van der Waals surface area contributed by atoms with Crippen molar-refractivity contribution in [1.29, 1.82) is 0 Å². The number of rotatable bonds is 3. The van der Waals surface area contributed by atoms with Crippen LogP contribution in [0.3, 0.4) is 0 Å². The predicted molar refractivity (Wildman–Crippen MR) is 113 cm³/mol. The van der Waals surface area contributed by atoms with Crippen molar-refractivity contribution in [1.82, 2.24) is 14.5 Å². The molecule has 0 saturated carbocycles. The van der Waals surface area contributed by atoms with E-state index in [0.29, 0.717) is 27.2 Å². The molecule has 1 aliphatic rings. The lowest BCUT2D eigenvalue weighted by atomic mass is 9.90. The first-order valence-corrected chi connectivity index (χ1v) is 10.00. The molecule has 0 unspecified atom stereocenters. The zero-order valence-electron chi connectivity index (χ0n) is 15.9. The van der Waals surface area contributed by atoms with Crippen molar-refractivity contribution in [3.05, 3.63) is 74.8 Å². The zero-order valence-corrected chi connectivity index (χ0v) is 16.7. The van der Waals surface area contributed by atoms with Crippen molar-refractivity contribution in [3.63, 3.8) is 0 Å². The summed E-state index contributed by atoms with van der Waals surface area (Å²) in [5.74, 6) is 0.627. The van der Waals surface area contributed by atoms with Crippen LogP contribution in [0.4, 0.5) is 0 Å². The maximum atomic E-state index is 12.9. The van der Waals surface area contributed by atoms with Crippen LogP contribution >= 0.6 is 12.2 Å². The molecular weight excluding hydrogens is 370 g/mol. The number of carbonyl (C=O) groups is 1. The largest absolute Gasteiger partial charge is 0.339 e. The van der Waals surface area contributed by atoms with Crippen molar-refractivity contribution >= 4 is 29.0 Å². The number of nitrogens with zero attached hydrogens (tertiary/aromatic N) is 2. The number of piperidine rings is 1. The first-order chi connectivity index (χ1) is 13.5. The van der Waals surface area contributed by atoms with Crippen LogP contribution in [-0.2, 0) is 13.5 Å². The number of carbonyl (C=O) groups excluding carboxylic acids is 1. The lowest BCUT2D eigenvalue weighted by Gasteiger charge is -2.32. The number of H-pyrrole nitrogens is 1. The second kappa shape index (κ2) is 7.72. The number of aromatic amines is 1. The monoisotopic (exact) mass is 393 g/mol. The lowest BCUT2D eigenvalue weighted by molar-refractivity contribution is 0.0690. The molecule has 5 nitrogen and oxygen atoms in total. The molecule has 1 fully saturated rings. The molecule has 1 amide bonds. The highest BCUT2D eigenvalue weighted by molar-refractivity contribution is 7.71. The van der Waals surface area contributed by atoms with Crippen LogP contribution in [0.15, 0.2) is 53.3 Å². The molecule has 0 atom stereocenters. The molecule has 0 aliphatic carbocycles. The molecule has 2 aromatic carbocycles. The van der Waals surface area contributed by atoms with Crippen LogP contribution in [-0.4, -0.2) is 33.4 Å². The van der Waals surface area contributed by atoms with E-state index in [1.54, 1.807) is 25.2 Å². The Bertz CT molecular complexity index is 1130. The lowest BCUT2D eigenvalue weighted by Crippen LogP contribution is -2.39. The topological polar surface area (TPSA) is 58.1 Å². The van der Waals surface area contributed by atoms with Crippen LogP contribution in [0.25, 0.3) is 10.9 Å². The highest BCUT2D eigenvalue weighted by atomic mass is 32.1. The Morgan fingerprint density at radius 3 is 2.57 bits per heavy atom. The van der Waals surface area contributed by atoms with Crippen LogP contribution in [0.5, 0.6) is 0 Å². The molecule has 1 saturated heterocycles. The van der Waals surface area contributed by atoms with Gasteiger partial charge in [0.25, 0.3) is 11.5 Å². The summed E-state index contributed by atoms with van der Waals surface area (Å²) in [5, 5.41) is 0.536. The van der Waals surface area contributed by atoms with Crippen molar-refractivity contribution in [2.45, 2.75) is 19.3 Å². The number of likely N-dealkylation sites (tertiary alicyclic amines) is 1. The predicted octanol–water partition coefficient (Wildman–Crippen LogP) is 3.69. The molecule has 1 aliphatic heterocycles. The van der Waals surface area contributed by atoms with Crippen LogP contribution in [0, 0.1) is 10.7 Å². The molecule has 3 aromatic rings. The molecule has 2 heterocycles. The Morgan fingerprint density at radius 1 is 1.14 bits per heavy atom. The highest BCUT2D eigenvalue weighted by Gasteiger charge is 2.24. The fourth-order valence-electron chi connectivity index (χ4n) is 3.91. The molecule has 1 aromatic heterocycles. The molecular formula is C22H23N3O2S. The maximum absolute atomic E-state index is 12.9. The summed E-state index contributed by atoms with van der Waals surface area (Å²) in [7, 11) is 1.64. The molecule has 0 bridgehead atoms. The SMILES string of the molecule is Cn1c(=S)[nH]c2cc(C(=O)N3CCC(Cc4ccccc4)CC3)ccc2c1=O. The summed E-state index contributed by atoms with van der Waals surface area (Å²) < 4.78 is 1.75. The standard InChI is InChI=1S/C22H23N3O2S/c1-24-21(27)18-8-7-17(14-19(18)23-22(24)28)20(26)25-11-9-16(10-12-25)13-15-5-3-2-4-6-15/h2-8,14,16H,9-13H2,1H3,(H,23,28). The second-order valence-corrected chi connectivity index (χ2v) is 7.87. The fraction of sp³-hybridized carbons (Fsp3) is 0.318. The third-order valence-electron chi connectivity index (χ3n) is 5.62. The number of fused-ring (bicyclic) bond motifs is 1. The third kappa shape index (κ3) is 3.64. The number of hydrogen-bond donors (Lipinski definition) is 1. The van der Waals surface area contributed by atoms with Crippen LogP contribution in [0.1, 0.15) is 28.8 Å². The van der Waals surface area contributed by atoms with Crippen LogP contribution < -0.4 is 5.56 Å². The average molecular weight is 394 g/mol. The molecule has 0 radical (unpaired) electrons. The van der Waals surface area contributed by atoms with Gasteiger partial charge in [0.2, 0.25) is 0 Å². The van der Waals surface area contributed by atoms with Gasteiger partial charge < -0.3 is 9.88 Å². The summed E-state index contributed by atoms with van der Waals surface area (Å²) >= 11 is 5.18. The average Bonchev–Trinajstić information content (AvgIpc) is 2.72. The van der Waals surface area contributed by atoms with E-state index >= 15 is 0 Å². The van der Waals surface area contributed by atoms with Gasteiger partial charge >= 0.3 is 0 Å². The number of aromatic nitrogens is 2. The molecule has 4 rings (SSSR count). The second-order valence-electron chi connectivity index (χ2n) is 7.48. The van der Waals surface area contributed by atoms with E-state index in [0.717, 1.165) is 32.4 Å². The smallest absolute Gasteiger partial charge is 0.261 e. The van der Waals surface area contributed by atoms with E-state index in [2.05, 4.69) is 29.2 Å². The summed E-state index contributed by atoms with van der Waals surface area (Å²) in [6.45, 7) is 1.53. The van der Waals surface area contributed by atoms with Gasteiger partial charge in [0, 0.05) is 25.7 Å². The Morgan fingerprint density at radius 2 is 1.86 bits per heavy atom. The minimum absolute atomic E-state index is 0.0139. The van der Waals surface area contributed by atoms with E-state index in [9.17, 15) is 9.59 Å². The normalized spacial score (nSPS) is 15.1. The Labute approximate surface area is 168 Å². The Hall–Kier alpha value is -2.73. The fourth-order valence-corrected chi connectivity index (χ4v) is 4.10. The van der Waals surface area contributed by atoms with Crippen molar-refractivity contribution in [3.8, 4) is 0 Å². The van der Waals surface area contributed by atoms with Gasteiger partial charge in [-0.2, -0.15) is 0 Å². The van der Waals surface area contributed by atoms with Gasteiger partial charge in [-0.1, -0.05) is 30.3 Å². The van der Waals surface area contributed by atoms with E-state index in [-0.39, 0.29) is 11.5 Å². The first kappa shape index (κ1) is 18.6. The van der Waals surface area contributed by atoms with Gasteiger partial charge in [-0.3, -0.25) is 14.2 Å². The molecule has 28 heavy (non-hydrogen) atoms. The van der Waals surface area contributed by atoms with Gasteiger partial charge in [-0.25, -0.2) is 0 Å². The molecule has 6 heteroatoms. The highest BCUT2D eigenvalue weighted by Crippen LogP contribution is 2.23. The van der Waals surface area contributed by atoms with E-state index in [1.807, 2.05) is 11.0 Å². The van der Waals surface area contributed by atoms with Gasteiger partial charge in [0.15, 0.2) is 4.77 Å². The quantitative estimate of drug-likeness (QED) is 0.691. The van der Waals surface area contributed by atoms with Gasteiger partial charge in [0.05, 0.1) is 10.9 Å². The summed E-state index contributed by atoms with van der Waals surface area (Å²) in [6.07, 6.45) is 3.09. The van der Waals surface area contributed by atoms with E-state index in [1.165, 1.54) is 10.1 Å². The third-order valence-corrected chi connectivity index (χ3v) is 5.99. The van der Waals surface area contributed by atoms with E-state index in [4.69, 9.17) is 12.2 Å². The summed E-state index contributed by atoms with van der Waals surface area (Å²) in [6, 6.07) is 15.7. The van der Waals surface area contributed by atoms with Crippen molar-refractivity contribution < 1.29 is 4.79 Å². The van der Waals surface area contributed by atoms with Gasteiger partial charge in [-0.05, 0) is 61.2 Å². The number of hydrogen-bond acceptors (Lipinski definition) is 3. The van der Waals surface area contributed by atoms with Crippen molar-refractivity contribution in [2.75, 3.05) is 13.1 Å². The first-order valence-electron chi connectivity index (χ1n) is 9.59. The minimum Gasteiger partial charge on any atom is -0.339 e. The van der Waals surface area contributed by atoms with Gasteiger partial charge in [-0.15, -0.1) is 0 Å². The molecule has 1 N–H and O–H groups in total. The summed E-state index contributed by atoms with van der Waals surface area (Å²) in [5.41, 5.74) is 2.41. The number of benzene rings is 2.